The minimum atomic E-state index is -0.463. The van der Waals surface area contributed by atoms with Crippen molar-refractivity contribution < 1.29 is 4.74 Å². The SMILES string of the molecule is CCCC1CCC(Cn2cncn2)(c2ccc(Cl)cc2Cl)O1. The van der Waals surface area contributed by atoms with Crippen LogP contribution in [0.5, 0.6) is 0 Å². The molecule has 0 spiro atoms. The van der Waals surface area contributed by atoms with Crippen LogP contribution in [-0.4, -0.2) is 20.9 Å². The Kier molecular flexibility index (Phi) is 4.71. The smallest absolute Gasteiger partial charge is 0.137 e. The molecule has 1 fully saturated rings. The highest BCUT2D eigenvalue weighted by atomic mass is 35.5. The van der Waals surface area contributed by atoms with Crippen molar-refractivity contribution in [2.75, 3.05) is 0 Å². The van der Waals surface area contributed by atoms with E-state index in [2.05, 4.69) is 17.0 Å². The lowest BCUT2D eigenvalue weighted by Gasteiger charge is -2.31. The van der Waals surface area contributed by atoms with Gasteiger partial charge in [0.15, 0.2) is 0 Å². The van der Waals surface area contributed by atoms with Crippen LogP contribution < -0.4 is 0 Å². The molecule has 22 heavy (non-hydrogen) atoms. The average Bonchev–Trinajstić information content (AvgIpc) is 3.10. The van der Waals surface area contributed by atoms with Crippen molar-refractivity contribution in [3.8, 4) is 0 Å². The molecule has 1 saturated heterocycles. The molecule has 0 aliphatic carbocycles. The molecule has 4 nitrogen and oxygen atoms in total. The van der Waals surface area contributed by atoms with Crippen molar-refractivity contribution in [1.29, 1.82) is 0 Å². The van der Waals surface area contributed by atoms with Gasteiger partial charge in [0.2, 0.25) is 0 Å². The molecule has 1 aliphatic heterocycles. The lowest BCUT2D eigenvalue weighted by molar-refractivity contribution is -0.0615. The lowest BCUT2D eigenvalue weighted by atomic mass is 9.90. The van der Waals surface area contributed by atoms with Crippen molar-refractivity contribution in [2.24, 2.45) is 0 Å². The van der Waals surface area contributed by atoms with Crippen LogP contribution in [0.1, 0.15) is 38.2 Å². The number of benzene rings is 1. The standard InChI is InChI=1S/C16H19Cl2N3O/c1-2-3-13-6-7-16(22-13,9-21-11-19-10-20-21)14-5-4-12(17)8-15(14)18/h4-5,8,10-11,13H,2-3,6-7,9H2,1H3. The van der Waals surface area contributed by atoms with E-state index >= 15 is 0 Å². The molecule has 1 aromatic heterocycles. The molecule has 2 atom stereocenters. The Morgan fingerprint density at radius 2 is 2.27 bits per heavy atom. The first-order valence-corrected chi connectivity index (χ1v) is 8.34. The maximum absolute atomic E-state index is 6.45. The van der Waals surface area contributed by atoms with E-state index in [1.165, 1.54) is 6.33 Å². The van der Waals surface area contributed by atoms with Gasteiger partial charge in [-0.1, -0.05) is 42.6 Å². The number of hydrogen-bond donors (Lipinski definition) is 0. The monoisotopic (exact) mass is 339 g/mol. The Balaban J connectivity index is 1.96. The van der Waals surface area contributed by atoms with Gasteiger partial charge < -0.3 is 4.74 Å². The van der Waals surface area contributed by atoms with Gasteiger partial charge >= 0.3 is 0 Å². The molecule has 1 aliphatic rings. The van der Waals surface area contributed by atoms with Gasteiger partial charge in [-0.2, -0.15) is 5.10 Å². The van der Waals surface area contributed by atoms with Gasteiger partial charge in [0.1, 0.15) is 18.3 Å². The third-order valence-corrected chi connectivity index (χ3v) is 4.73. The second-order valence-electron chi connectivity index (χ2n) is 5.78. The minimum Gasteiger partial charge on any atom is -0.365 e. The molecule has 2 unspecified atom stereocenters. The molecule has 6 heteroatoms. The molecule has 2 heterocycles. The van der Waals surface area contributed by atoms with Gasteiger partial charge in [-0.05, 0) is 31.4 Å². The highest BCUT2D eigenvalue weighted by molar-refractivity contribution is 6.35. The topological polar surface area (TPSA) is 39.9 Å². The van der Waals surface area contributed by atoms with E-state index in [1.54, 1.807) is 17.1 Å². The molecule has 0 bridgehead atoms. The number of rotatable bonds is 5. The quantitative estimate of drug-likeness (QED) is 0.807. The van der Waals surface area contributed by atoms with Crippen molar-refractivity contribution in [3.63, 3.8) is 0 Å². The van der Waals surface area contributed by atoms with E-state index in [1.807, 2.05) is 12.1 Å². The molecule has 118 valence electrons. The Hall–Kier alpha value is -1.10. The first-order chi connectivity index (χ1) is 10.6. The summed E-state index contributed by atoms with van der Waals surface area (Å²) in [5.41, 5.74) is 0.516. The normalized spacial score (nSPS) is 24.8. The van der Waals surface area contributed by atoms with Crippen LogP contribution in [0.4, 0.5) is 0 Å². The first-order valence-electron chi connectivity index (χ1n) is 7.59. The number of aromatic nitrogens is 3. The molecule has 3 rings (SSSR count). The fourth-order valence-electron chi connectivity index (χ4n) is 3.19. The fraction of sp³-hybridized carbons (Fsp3) is 0.500. The summed E-state index contributed by atoms with van der Waals surface area (Å²) in [4.78, 5) is 4.02. The van der Waals surface area contributed by atoms with Crippen LogP contribution in [0, 0.1) is 0 Å². The van der Waals surface area contributed by atoms with Gasteiger partial charge in [0.05, 0.1) is 12.6 Å². The Bertz CT molecular complexity index is 632. The summed E-state index contributed by atoms with van der Waals surface area (Å²) in [6.07, 6.45) is 7.63. The second-order valence-corrected chi connectivity index (χ2v) is 6.62. The summed E-state index contributed by atoms with van der Waals surface area (Å²) in [5.74, 6) is 0. The van der Waals surface area contributed by atoms with Crippen LogP contribution in [0.15, 0.2) is 30.9 Å². The molecular formula is C16H19Cl2N3O. The number of ether oxygens (including phenoxy) is 1. The summed E-state index contributed by atoms with van der Waals surface area (Å²) >= 11 is 12.5. The van der Waals surface area contributed by atoms with E-state index < -0.39 is 5.60 Å². The molecule has 2 aromatic rings. The van der Waals surface area contributed by atoms with Crippen molar-refractivity contribution >= 4 is 23.2 Å². The maximum Gasteiger partial charge on any atom is 0.137 e. The first kappa shape index (κ1) is 15.8. The zero-order valence-electron chi connectivity index (χ0n) is 12.5. The van der Waals surface area contributed by atoms with Gasteiger partial charge in [0, 0.05) is 15.6 Å². The number of hydrogen-bond acceptors (Lipinski definition) is 3. The van der Waals surface area contributed by atoms with Gasteiger partial charge in [-0.3, -0.25) is 0 Å². The summed E-state index contributed by atoms with van der Waals surface area (Å²) in [5, 5.41) is 5.50. The number of halogens is 2. The third-order valence-electron chi connectivity index (χ3n) is 4.18. The second kappa shape index (κ2) is 6.57. The van der Waals surface area contributed by atoms with Crippen LogP contribution in [0.3, 0.4) is 0 Å². The van der Waals surface area contributed by atoms with Crippen molar-refractivity contribution in [1.82, 2.24) is 14.8 Å². The van der Waals surface area contributed by atoms with E-state index in [-0.39, 0.29) is 6.10 Å². The van der Waals surface area contributed by atoms with Crippen molar-refractivity contribution in [3.05, 3.63) is 46.5 Å². The van der Waals surface area contributed by atoms with Crippen LogP contribution in [0.25, 0.3) is 0 Å². The van der Waals surface area contributed by atoms with Crippen LogP contribution in [-0.2, 0) is 16.9 Å². The molecule has 0 amide bonds. The van der Waals surface area contributed by atoms with E-state index in [0.29, 0.717) is 16.6 Å². The third kappa shape index (κ3) is 3.14. The van der Waals surface area contributed by atoms with Crippen LogP contribution in [0.2, 0.25) is 10.0 Å². The van der Waals surface area contributed by atoms with E-state index in [0.717, 1.165) is 31.2 Å². The summed E-state index contributed by atoms with van der Waals surface area (Å²) in [6, 6.07) is 5.61. The molecule has 0 radical (unpaired) electrons. The van der Waals surface area contributed by atoms with E-state index in [4.69, 9.17) is 27.9 Å². The zero-order chi connectivity index (χ0) is 15.6. The summed E-state index contributed by atoms with van der Waals surface area (Å²) in [6.45, 7) is 2.78. The predicted octanol–water partition coefficient (Wildman–Crippen LogP) is 4.46. The predicted molar refractivity (Wildman–Crippen MR) is 87.2 cm³/mol. The zero-order valence-corrected chi connectivity index (χ0v) is 14.0. The maximum atomic E-state index is 6.45. The Morgan fingerprint density at radius 3 is 2.95 bits per heavy atom. The summed E-state index contributed by atoms with van der Waals surface area (Å²) in [7, 11) is 0. The largest absolute Gasteiger partial charge is 0.365 e. The van der Waals surface area contributed by atoms with E-state index in [9.17, 15) is 0 Å². The molecule has 0 N–H and O–H groups in total. The van der Waals surface area contributed by atoms with Crippen LogP contribution >= 0.6 is 23.2 Å². The minimum absolute atomic E-state index is 0.264. The van der Waals surface area contributed by atoms with Gasteiger partial charge in [0.25, 0.3) is 0 Å². The number of nitrogens with zero attached hydrogens (tertiary/aromatic N) is 3. The van der Waals surface area contributed by atoms with Crippen molar-refractivity contribution in [2.45, 2.75) is 50.9 Å². The van der Waals surface area contributed by atoms with Gasteiger partial charge in [-0.25, -0.2) is 9.67 Å². The Morgan fingerprint density at radius 1 is 1.41 bits per heavy atom. The van der Waals surface area contributed by atoms with Gasteiger partial charge in [-0.15, -0.1) is 0 Å². The molecular weight excluding hydrogens is 321 g/mol. The molecule has 0 saturated carbocycles. The highest BCUT2D eigenvalue weighted by Crippen LogP contribution is 2.44. The average molecular weight is 340 g/mol. The lowest BCUT2D eigenvalue weighted by Crippen LogP contribution is -2.32. The highest BCUT2D eigenvalue weighted by Gasteiger charge is 2.43. The Labute approximate surface area is 140 Å². The fourth-order valence-corrected chi connectivity index (χ4v) is 3.77. The molecule has 1 aromatic carbocycles. The summed E-state index contributed by atoms with van der Waals surface area (Å²) < 4.78 is 8.26.